The molecule has 0 aromatic heterocycles. The highest BCUT2D eigenvalue weighted by Gasteiger charge is 2.49. The number of halogens is 1. The van der Waals surface area contributed by atoms with Crippen LogP contribution in [0.3, 0.4) is 0 Å². The Morgan fingerprint density at radius 3 is 2.81 bits per heavy atom. The molecule has 1 amide bonds. The largest absolute Gasteiger partial charge is 0.380 e. The third-order valence-electron chi connectivity index (χ3n) is 3.87. The van der Waals surface area contributed by atoms with Gasteiger partial charge in [-0.05, 0) is 53.1 Å². The van der Waals surface area contributed by atoms with Gasteiger partial charge in [0, 0.05) is 19.2 Å². The molecule has 1 aliphatic heterocycles. The molecule has 2 atom stereocenters. The summed E-state index contributed by atoms with van der Waals surface area (Å²) in [5.74, 6) is 0.0446. The number of nitrogens with zero attached hydrogens (tertiary/aromatic N) is 1. The number of allylic oxidation sites excluding steroid dienone is 1. The zero-order valence-corrected chi connectivity index (χ0v) is 14.3. The standard InChI is InChI=1S/C15H23BrN2O3/c1-9(2)8-15(20,10-4-5-10)14(19)17-11-6-12(16)18-13(7-11)21-3/h6,9-10,13,20H,4-5,7-8H2,1-3H3,(H,17,19). The minimum Gasteiger partial charge on any atom is -0.380 e. The van der Waals surface area contributed by atoms with E-state index in [9.17, 15) is 9.90 Å². The Hall–Kier alpha value is -0.720. The van der Waals surface area contributed by atoms with Gasteiger partial charge in [-0.25, -0.2) is 4.99 Å². The second-order valence-corrected chi connectivity index (χ2v) is 7.08. The molecular formula is C15H23BrN2O3. The van der Waals surface area contributed by atoms with Gasteiger partial charge in [-0.15, -0.1) is 0 Å². The van der Waals surface area contributed by atoms with Crippen LogP contribution >= 0.6 is 15.9 Å². The smallest absolute Gasteiger partial charge is 0.256 e. The van der Waals surface area contributed by atoms with Gasteiger partial charge >= 0.3 is 0 Å². The Balaban J connectivity index is 2.07. The molecule has 1 aliphatic carbocycles. The van der Waals surface area contributed by atoms with Crippen LogP contribution in [0.4, 0.5) is 0 Å². The molecule has 0 bridgehead atoms. The monoisotopic (exact) mass is 358 g/mol. The number of carbonyl (C=O) groups excluding carboxylic acids is 1. The van der Waals surface area contributed by atoms with Gasteiger partial charge in [0.2, 0.25) is 0 Å². The number of ether oxygens (including phenoxy) is 1. The Kier molecular flexibility index (Phi) is 5.22. The molecule has 1 heterocycles. The van der Waals surface area contributed by atoms with Crippen LogP contribution < -0.4 is 5.32 Å². The minimum absolute atomic E-state index is 0.0828. The van der Waals surface area contributed by atoms with Gasteiger partial charge in [0.1, 0.15) is 10.2 Å². The van der Waals surface area contributed by atoms with E-state index in [0.29, 0.717) is 17.5 Å². The van der Waals surface area contributed by atoms with Gasteiger partial charge in [-0.2, -0.15) is 0 Å². The fraction of sp³-hybridized carbons (Fsp3) is 0.733. The molecular weight excluding hydrogens is 336 g/mol. The molecule has 118 valence electrons. The van der Waals surface area contributed by atoms with Crippen molar-refractivity contribution in [3.05, 3.63) is 11.8 Å². The van der Waals surface area contributed by atoms with Gasteiger partial charge in [-0.1, -0.05) is 13.8 Å². The van der Waals surface area contributed by atoms with E-state index in [1.54, 1.807) is 13.2 Å². The topological polar surface area (TPSA) is 70.9 Å². The average molecular weight is 359 g/mol. The third-order valence-corrected chi connectivity index (χ3v) is 4.30. The zero-order valence-electron chi connectivity index (χ0n) is 12.7. The van der Waals surface area contributed by atoms with Crippen molar-refractivity contribution in [1.82, 2.24) is 5.32 Å². The van der Waals surface area contributed by atoms with E-state index in [2.05, 4.69) is 26.2 Å². The van der Waals surface area contributed by atoms with Crippen molar-refractivity contribution < 1.29 is 14.6 Å². The second kappa shape index (κ2) is 6.58. The molecule has 6 heteroatoms. The van der Waals surface area contributed by atoms with Crippen LogP contribution in [0.25, 0.3) is 0 Å². The van der Waals surface area contributed by atoms with Crippen LogP contribution in [0.5, 0.6) is 0 Å². The first-order valence-corrected chi connectivity index (χ1v) is 8.15. The second-order valence-electron chi connectivity index (χ2n) is 6.27. The summed E-state index contributed by atoms with van der Waals surface area (Å²) in [4.78, 5) is 16.8. The third kappa shape index (κ3) is 4.14. The lowest BCUT2D eigenvalue weighted by Gasteiger charge is -2.30. The highest BCUT2D eigenvalue weighted by molar-refractivity contribution is 9.18. The minimum atomic E-state index is -1.27. The van der Waals surface area contributed by atoms with Crippen LogP contribution in [0.15, 0.2) is 16.8 Å². The van der Waals surface area contributed by atoms with Gasteiger partial charge < -0.3 is 15.2 Å². The Bertz CT molecular complexity index is 472. The number of dihydropyridines is 1. The van der Waals surface area contributed by atoms with E-state index in [1.807, 2.05) is 13.8 Å². The molecule has 2 aliphatic rings. The maximum Gasteiger partial charge on any atom is 0.256 e. The quantitative estimate of drug-likeness (QED) is 0.765. The number of rotatable bonds is 6. The number of hydrogen-bond donors (Lipinski definition) is 2. The molecule has 2 unspecified atom stereocenters. The molecule has 0 aromatic rings. The van der Waals surface area contributed by atoms with Crippen LogP contribution in [0.1, 0.15) is 39.5 Å². The average Bonchev–Trinajstić information content (AvgIpc) is 3.21. The fourth-order valence-electron chi connectivity index (χ4n) is 2.72. The first-order valence-electron chi connectivity index (χ1n) is 7.35. The first-order chi connectivity index (χ1) is 9.85. The lowest BCUT2D eigenvalue weighted by molar-refractivity contribution is -0.143. The highest BCUT2D eigenvalue weighted by Crippen LogP contribution is 2.43. The van der Waals surface area contributed by atoms with Crippen LogP contribution in [-0.4, -0.2) is 34.6 Å². The summed E-state index contributed by atoms with van der Waals surface area (Å²) in [5.41, 5.74) is -0.546. The number of aliphatic hydroxyl groups is 1. The predicted octanol–water partition coefficient (Wildman–Crippen LogP) is 2.34. The van der Waals surface area contributed by atoms with E-state index in [0.717, 1.165) is 18.5 Å². The summed E-state index contributed by atoms with van der Waals surface area (Å²) in [7, 11) is 1.58. The number of nitrogens with one attached hydrogen (secondary N) is 1. The highest BCUT2D eigenvalue weighted by atomic mass is 79.9. The molecule has 0 spiro atoms. The zero-order chi connectivity index (χ0) is 15.6. The van der Waals surface area contributed by atoms with Crippen molar-refractivity contribution in [2.75, 3.05) is 7.11 Å². The van der Waals surface area contributed by atoms with E-state index < -0.39 is 5.60 Å². The van der Waals surface area contributed by atoms with E-state index in [4.69, 9.17) is 4.74 Å². The fourth-order valence-corrected chi connectivity index (χ4v) is 3.22. The normalized spacial score (nSPS) is 25.1. The lowest BCUT2D eigenvalue weighted by atomic mass is 9.87. The summed E-state index contributed by atoms with van der Waals surface area (Å²) in [5, 5.41) is 13.7. The lowest BCUT2D eigenvalue weighted by Crippen LogP contribution is -2.49. The molecule has 0 aromatic carbocycles. The summed E-state index contributed by atoms with van der Waals surface area (Å²) in [6, 6.07) is 0. The van der Waals surface area contributed by atoms with Crippen molar-refractivity contribution in [1.29, 1.82) is 0 Å². The number of hydrogen-bond acceptors (Lipinski definition) is 4. The van der Waals surface area contributed by atoms with Gasteiger partial charge in [0.15, 0.2) is 6.23 Å². The Morgan fingerprint density at radius 2 is 2.29 bits per heavy atom. The van der Waals surface area contributed by atoms with Gasteiger partial charge in [-0.3, -0.25) is 4.79 Å². The first kappa shape index (κ1) is 16.6. The van der Waals surface area contributed by atoms with Crippen LogP contribution in [0, 0.1) is 11.8 Å². The molecule has 1 fully saturated rings. The summed E-state index contributed by atoms with van der Waals surface area (Å²) in [6.45, 7) is 4.04. The van der Waals surface area contributed by atoms with Crippen molar-refractivity contribution in [3.8, 4) is 0 Å². The summed E-state index contributed by atoms with van der Waals surface area (Å²) < 4.78 is 5.85. The van der Waals surface area contributed by atoms with Crippen molar-refractivity contribution in [3.63, 3.8) is 0 Å². The molecule has 2 rings (SSSR count). The number of carbonyl (C=O) groups is 1. The number of amides is 1. The SMILES string of the molecule is COC1CC(NC(=O)C(O)(CC(C)C)C2CC2)=CC(Br)=N1. The summed E-state index contributed by atoms with van der Waals surface area (Å²) >= 11 is 3.31. The van der Waals surface area contributed by atoms with E-state index in [1.165, 1.54) is 0 Å². The number of aliphatic imine (C=N–C) groups is 1. The molecule has 21 heavy (non-hydrogen) atoms. The van der Waals surface area contributed by atoms with E-state index in [-0.39, 0.29) is 24.0 Å². The van der Waals surface area contributed by atoms with Crippen molar-refractivity contribution >= 4 is 26.5 Å². The molecule has 1 saturated carbocycles. The number of methoxy groups -OCH3 is 1. The molecule has 5 nitrogen and oxygen atoms in total. The Morgan fingerprint density at radius 1 is 1.62 bits per heavy atom. The van der Waals surface area contributed by atoms with Crippen molar-refractivity contribution in [2.45, 2.75) is 51.4 Å². The van der Waals surface area contributed by atoms with E-state index >= 15 is 0 Å². The van der Waals surface area contributed by atoms with Crippen LogP contribution in [-0.2, 0) is 9.53 Å². The van der Waals surface area contributed by atoms with Crippen molar-refractivity contribution in [2.24, 2.45) is 16.8 Å². The molecule has 0 radical (unpaired) electrons. The molecule has 2 N–H and O–H groups in total. The maximum absolute atomic E-state index is 12.6. The predicted molar refractivity (Wildman–Crippen MR) is 85.1 cm³/mol. The summed E-state index contributed by atoms with van der Waals surface area (Å²) in [6.07, 6.45) is 4.28. The van der Waals surface area contributed by atoms with Gasteiger partial charge in [0.25, 0.3) is 5.91 Å². The Labute approximate surface area is 134 Å². The van der Waals surface area contributed by atoms with Crippen LogP contribution in [0.2, 0.25) is 0 Å². The van der Waals surface area contributed by atoms with Gasteiger partial charge in [0.05, 0.1) is 0 Å². The molecule has 0 saturated heterocycles. The maximum atomic E-state index is 12.6.